The van der Waals surface area contributed by atoms with Gasteiger partial charge in [0, 0.05) is 12.5 Å². The number of rotatable bonds is 7. The van der Waals surface area contributed by atoms with Gasteiger partial charge in [0.05, 0.1) is 4.83 Å². The monoisotopic (exact) mass is 311 g/mol. The molecule has 2 nitrogen and oxygen atoms in total. The van der Waals surface area contributed by atoms with Crippen LogP contribution in [0.15, 0.2) is 30.3 Å². The molecule has 1 N–H and O–H groups in total. The summed E-state index contributed by atoms with van der Waals surface area (Å²) in [7, 11) is 0. The van der Waals surface area contributed by atoms with Crippen molar-refractivity contribution in [3.63, 3.8) is 0 Å². The molecular formula is C15H22BrNO. The van der Waals surface area contributed by atoms with Crippen LogP contribution < -0.4 is 5.32 Å². The summed E-state index contributed by atoms with van der Waals surface area (Å²) in [5, 5.41) is 3.00. The van der Waals surface area contributed by atoms with Crippen molar-refractivity contribution in [1.82, 2.24) is 5.32 Å². The molecule has 1 amide bonds. The van der Waals surface area contributed by atoms with Gasteiger partial charge in [-0.05, 0) is 12.0 Å². The fourth-order valence-electron chi connectivity index (χ4n) is 1.79. The molecule has 0 fully saturated rings. The van der Waals surface area contributed by atoms with Crippen molar-refractivity contribution in [2.75, 3.05) is 6.54 Å². The van der Waals surface area contributed by atoms with Crippen molar-refractivity contribution in [3.8, 4) is 0 Å². The minimum atomic E-state index is 0.112. The standard InChI is InChI=1S/C15H22BrNO/c1-3-4-8-12(2)15(18)17-11-14(16)13-9-6-5-7-10-13/h5-7,9-10,12,14H,3-4,8,11H2,1-2H3,(H,17,18). The molecule has 1 aromatic carbocycles. The third kappa shape index (κ3) is 5.21. The Balaban J connectivity index is 2.34. The molecule has 1 aromatic rings. The predicted octanol–water partition coefficient (Wildman–Crippen LogP) is 4.07. The molecule has 0 aliphatic carbocycles. The molecule has 18 heavy (non-hydrogen) atoms. The maximum atomic E-state index is 11.9. The molecule has 0 radical (unpaired) electrons. The fourth-order valence-corrected chi connectivity index (χ4v) is 2.25. The van der Waals surface area contributed by atoms with Gasteiger partial charge in [-0.3, -0.25) is 4.79 Å². The van der Waals surface area contributed by atoms with E-state index in [0.717, 1.165) is 19.3 Å². The van der Waals surface area contributed by atoms with Gasteiger partial charge < -0.3 is 5.32 Å². The van der Waals surface area contributed by atoms with E-state index in [-0.39, 0.29) is 16.7 Å². The summed E-state index contributed by atoms with van der Waals surface area (Å²) < 4.78 is 0. The molecule has 0 saturated carbocycles. The summed E-state index contributed by atoms with van der Waals surface area (Å²) in [6.45, 7) is 4.78. The Morgan fingerprint density at radius 3 is 2.61 bits per heavy atom. The maximum Gasteiger partial charge on any atom is 0.222 e. The summed E-state index contributed by atoms with van der Waals surface area (Å²) in [5.41, 5.74) is 1.19. The van der Waals surface area contributed by atoms with Crippen molar-refractivity contribution >= 4 is 21.8 Å². The number of hydrogen-bond donors (Lipinski definition) is 1. The van der Waals surface area contributed by atoms with Gasteiger partial charge in [0.25, 0.3) is 0 Å². The Hall–Kier alpha value is -0.830. The second kappa shape index (κ2) is 8.30. The van der Waals surface area contributed by atoms with Crippen molar-refractivity contribution in [3.05, 3.63) is 35.9 Å². The second-order valence-corrected chi connectivity index (χ2v) is 5.77. The van der Waals surface area contributed by atoms with Crippen LogP contribution in [0.3, 0.4) is 0 Å². The van der Waals surface area contributed by atoms with Crippen LogP contribution >= 0.6 is 15.9 Å². The van der Waals surface area contributed by atoms with Crippen LogP contribution in [0, 0.1) is 5.92 Å². The zero-order chi connectivity index (χ0) is 13.4. The van der Waals surface area contributed by atoms with E-state index < -0.39 is 0 Å². The third-order valence-corrected chi connectivity index (χ3v) is 3.91. The number of benzene rings is 1. The summed E-state index contributed by atoms with van der Waals surface area (Å²) in [4.78, 5) is 12.0. The van der Waals surface area contributed by atoms with Crippen LogP contribution in [0.5, 0.6) is 0 Å². The highest BCUT2D eigenvalue weighted by molar-refractivity contribution is 9.09. The lowest BCUT2D eigenvalue weighted by Gasteiger charge is -2.15. The van der Waals surface area contributed by atoms with Crippen molar-refractivity contribution in [1.29, 1.82) is 0 Å². The SMILES string of the molecule is CCCCC(C)C(=O)NCC(Br)c1ccccc1. The van der Waals surface area contributed by atoms with E-state index >= 15 is 0 Å². The first-order valence-electron chi connectivity index (χ1n) is 6.61. The summed E-state index contributed by atoms with van der Waals surface area (Å²) in [5.74, 6) is 0.268. The van der Waals surface area contributed by atoms with Gasteiger partial charge in [0.1, 0.15) is 0 Å². The first kappa shape index (κ1) is 15.2. The zero-order valence-electron chi connectivity index (χ0n) is 11.2. The average Bonchev–Trinajstić information content (AvgIpc) is 2.42. The number of halogens is 1. The largest absolute Gasteiger partial charge is 0.354 e. The molecule has 100 valence electrons. The van der Waals surface area contributed by atoms with Crippen LogP contribution in [-0.4, -0.2) is 12.5 Å². The van der Waals surface area contributed by atoms with Crippen molar-refractivity contribution < 1.29 is 4.79 Å². The molecule has 1 rings (SSSR count). The number of carbonyl (C=O) groups excluding carboxylic acids is 1. The quantitative estimate of drug-likeness (QED) is 0.756. The second-order valence-electron chi connectivity index (χ2n) is 4.67. The highest BCUT2D eigenvalue weighted by Gasteiger charge is 2.14. The smallest absolute Gasteiger partial charge is 0.222 e. The highest BCUT2D eigenvalue weighted by Crippen LogP contribution is 2.21. The number of amides is 1. The molecule has 0 spiro atoms. The first-order chi connectivity index (χ1) is 8.65. The fraction of sp³-hybridized carbons (Fsp3) is 0.533. The summed E-state index contributed by atoms with van der Waals surface area (Å²) in [6, 6.07) is 10.1. The predicted molar refractivity (Wildman–Crippen MR) is 79.8 cm³/mol. The summed E-state index contributed by atoms with van der Waals surface area (Å²) >= 11 is 3.60. The number of nitrogens with one attached hydrogen (secondary N) is 1. The van der Waals surface area contributed by atoms with Gasteiger partial charge in [-0.25, -0.2) is 0 Å². The van der Waals surface area contributed by atoms with Crippen LogP contribution in [0.2, 0.25) is 0 Å². The molecule has 0 heterocycles. The van der Waals surface area contributed by atoms with Crippen LogP contribution in [0.25, 0.3) is 0 Å². The minimum Gasteiger partial charge on any atom is -0.354 e. The summed E-state index contributed by atoms with van der Waals surface area (Å²) in [6.07, 6.45) is 3.23. The number of hydrogen-bond acceptors (Lipinski definition) is 1. The Kier molecular flexibility index (Phi) is 7.02. The molecule has 0 aliphatic rings. The molecule has 2 atom stereocenters. The normalized spacial score (nSPS) is 13.9. The molecule has 0 saturated heterocycles. The van der Waals surface area contributed by atoms with Crippen molar-refractivity contribution in [2.45, 2.75) is 37.9 Å². The first-order valence-corrected chi connectivity index (χ1v) is 7.53. The van der Waals surface area contributed by atoms with Gasteiger partial charge in [-0.2, -0.15) is 0 Å². The van der Waals surface area contributed by atoms with Gasteiger partial charge >= 0.3 is 0 Å². The topological polar surface area (TPSA) is 29.1 Å². The zero-order valence-corrected chi connectivity index (χ0v) is 12.7. The Morgan fingerprint density at radius 1 is 1.33 bits per heavy atom. The average molecular weight is 312 g/mol. The van der Waals surface area contributed by atoms with E-state index in [1.54, 1.807) is 0 Å². The number of alkyl halides is 1. The van der Waals surface area contributed by atoms with Gasteiger partial charge in [0.2, 0.25) is 5.91 Å². The van der Waals surface area contributed by atoms with Crippen molar-refractivity contribution in [2.24, 2.45) is 5.92 Å². The lowest BCUT2D eigenvalue weighted by Crippen LogP contribution is -2.31. The molecule has 3 heteroatoms. The molecule has 0 bridgehead atoms. The van der Waals surface area contributed by atoms with Crippen LogP contribution in [0.1, 0.15) is 43.5 Å². The third-order valence-electron chi connectivity index (χ3n) is 3.06. The Bertz CT molecular complexity index is 353. The van der Waals surface area contributed by atoms with Crippen LogP contribution in [0.4, 0.5) is 0 Å². The van der Waals surface area contributed by atoms with E-state index in [9.17, 15) is 4.79 Å². The van der Waals surface area contributed by atoms with Crippen LogP contribution in [-0.2, 0) is 4.79 Å². The molecule has 2 unspecified atom stereocenters. The van der Waals surface area contributed by atoms with E-state index in [4.69, 9.17) is 0 Å². The number of carbonyl (C=O) groups is 1. The minimum absolute atomic E-state index is 0.112. The Labute approximate surface area is 118 Å². The molecule has 0 aliphatic heterocycles. The maximum absolute atomic E-state index is 11.9. The lowest BCUT2D eigenvalue weighted by atomic mass is 10.0. The molecule has 0 aromatic heterocycles. The number of unbranched alkanes of at least 4 members (excludes halogenated alkanes) is 1. The van der Waals surface area contributed by atoms with Gasteiger partial charge in [-0.15, -0.1) is 0 Å². The van der Waals surface area contributed by atoms with E-state index in [1.165, 1.54) is 5.56 Å². The molecular weight excluding hydrogens is 290 g/mol. The van der Waals surface area contributed by atoms with Gasteiger partial charge in [0.15, 0.2) is 0 Å². The Morgan fingerprint density at radius 2 is 2.00 bits per heavy atom. The highest BCUT2D eigenvalue weighted by atomic mass is 79.9. The lowest BCUT2D eigenvalue weighted by molar-refractivity contribution is -0.124. The van der Waals surface area contributed by atoms with E-state index in [1.807, 2.05) is 25.1 Å². The van der Waals surface area contributed by atoms with E-state index in [0.29, 0.717) is 6.54 Å². The van der Waals surface area contributed by atoms with Gasteiger partial charge in [-0.1, -0.05) is 73.0 Å². The van der Waals surface area contributed by atoms with E-state index in [2.05, 4.69) is 40.3 Å².